The number of carbonyl (C=O) groups is 1. The summed E-state index contributed by atoms with van der Waals surface area (Å²) in [5.74, 6) is -0.118. The number of amides is 1. The van der Waals surface area contributed by atoms with Crippen molar-refractivity contribution in [2.45, 2.75) is 6.42 Å². The van der Waals surface area contributed by atoms with Crippen molar-refractivity contribution in [2.24, 2.45) is 14.1 Å². The minimum atomic E-state index is -0.118. The van der Waals surface area contributed by atoms with E-state index < -0.39 is 0 Å². The lowest BCUT2D eigenvalue weighted by Crippen LogP contribution is -2.19. The zero-order valence-corrected chi connectivity index (χ0v) is 13.6. The largest absolute Gasteiger partial charge is 0.328 e. The molecule has 3 rings (SSSR count). The number of benzene rings is 2. The summed E-state index contributed by atoms with van der Waals surface area (Å²) >= 11 is 5.83. The third-order valence-corrected chi connectivity index (χ3v) is 4.09. The minimum absolute atomic E-state index is 0.0929. The molecule has 0 saturated carbocycles. The van der Waals surface area contributed by atoms with E-state index in [1.54, 1.807) is 47.5 Å². The molecule has 0 aliphatic carbocycles. The van der Waals surface area contributed by atoms with Gasteiger partial charge in [-0.3, -0.25) is 13.9 Å². The van der Waals surface area contributed by atoms with E-state index in [9.17, 15) is 9.59 Å². The van der Waals surface area contributed by atoms with E-state index in [0.717, 1.165) is 16.6 Å². The lowest BCUT2D eigenvalue weighted by molar-refractivity contribution is -0.115. The van der Waals surface area contributed by atoms with Crippen LogP contribution in [0.1, 0.15) is 5.56 Å². The van der Waals surface area contributed by atoms with Gasteiger partial charge in [-0.05, 0) is 35.9 Å². The molecule has 1 amide bonds. The predicted molar refractivity (Wildman–Crippen MR) is 91.9 cm³/mol. The van der Waals surface area contributed by atoms with Crippen LogP contribution in [-0.2, 0) is 25.3 Å². The van der Waals surface area contributed by atoms with Crippen molar-refractivity contribution in [3.8, 4) is 0 Å². The van der Waals surface area contributed by atoms with E-state index in [2.05, 4.69) is 5.32 Å². The first-order chi connectivity index (χ1) is 11.0. The molecule has 1 N–H and O–H groups in total. The van der Waals surface area contributed by atoms with Gasteiger partial charge in [0, 0.05) is 24.8 Å². The van der Waals surface area contributed by atoms with Crippen LogP contribution in [0.25, 0.3) is 11.0 Å². The van der Waals surface area contributed by atoms with Crippen molar-refractivity contribution in [3.63, 3.8) is 0 Å². The summed E-state index contributed by atoms with van der Waals surface area (Å²) in [6, 6.07) is 12.6. The Labute approximate surface area is 138 Å². The molecule has 5 nitrogen and oxygen atoms in total. The highest BCUT2D eigenvalue weighted by atomic mass is 35.5. The zero-order chi connectivity index (χ0) is 16.6. The van der Waals surface area contributed by atoms with Crippen LogP contribution >= 0.6 is 11.6 Å². The number of fused-ring (bicyclic) bond motifs is 1. The Balaban J connectivity index is 1.81. The second-order valence-electron chi connectivity index (χ2n) is 5.46. The van der Waals surface area contributed by atoms with E-state index in [0.29, 0.717) is 10.7 Å². The third-order valence-electron chi connectivity index (χ3n) is 3.83. The number of nitrogens with zero attached hydrogens (tertiary/aromatic N) is 2. The fourth-order valence-electron chi connectivity index (χ4n) is 2.58. The minimum Gasteiger partial charge on any atom is -0.326 e. The highest BCUT2D eigenvalue weighted by Gasteiger charge is 2.10. The Bertz CT molecular complexity index is 939. The average molecular weight is 330 g/mol. The molecule has 0 aliphatic heterocycles. The lowest BCUT2D eigenvalue weighted by Gasteiger charge is -2.06. The van der Waals surface area contributed by atoms with Crippen LogP contribution in [0.3, 0.4) is 0 Å². The monoisotopic (exact) mass is 329 g/mol. The summed E-state index contributed by atoms with van der Waals surface area (Å²) in [5, 5.41) is 3.50. The SMILES string of the molecule is Cn1c(=O)n(C)c2cc(NC(=O)Cc3ccc(Cl)cc3)ccc21. The second kappa shape index (κ2) is 5.93. The molecule has 1 aromatic heterocycles. The third kappa shape index (κ3) is 3.00. The van der Waals surface area contributed by atoms with E-state index in [1.165, 1.54) is 0 Å². The van der Waals surface area contributed by atoms with Gasteiger partial charge >= 0.3 is 5.69 Å². The molecule has 0 bridgehead atoms. The van der Waals surface area contributed by atoms with Crippen molar-refractivity contribution in [1.82, 2.24) is 9.13 Å². The molecule has 0 radical (unpaired) electrons. The molecule has 2 aromatic carbocycles. The van der Waals surface area contributed by atoms with Gasteiger partial charge in [0.05, 0.1) is 17.5 Å². The second-order valence-corrected chi connectivity index (χ2v) is 5.89. The van der Waals surface area contributed by atoms with Gasteiger partial charge < -0.3 is 5.32 Å². The number of anilines is 1. The highest BCUT2D eigenvalue weighted by molar-refractivity contribution is 6.30. The van der Waals surface area contributed by atoms with E-state index in [4.69, 9.17) is 11.6 Å². The van der Waals surface area contributed by atoms with E-state index in [1.807, 2.05) is 18.2 Å². The Kier molecular flexibility index (Phi) is 3.96. The number of rotatable bonds is 3. The Hall–Kier alpha value is -2.53. The highest BCUT2D eigenvalue weighted by Crippen LogP contribution is 2.18. The molecular weight excluding hydrogens is 314 g/mol. The molecule has 0 unspecified atom stereocenters. The smallest absolute Gasteiger partial charge is 0.326 e. The quantitative estimate of drug-likeness (QED) is 0.803. The summed E-state index contributed by atoms with van der Waals surface area (Å²) in [7, 11) is 3.44. The van der Waals surface area contributed by atoms with Crippen LogP contribution in [0.5, 0.6) is 0 Å². The molecule has 0 atom stereocenters. The Morgan fingerprint density at radius 1 is 1.04 bits per heavy atom. The first-order valence-corrected chi connectivity index (χ1v) is 7.53. The molecule has 3 aromatic rings. The van der Waals surface area contributed by atoms with Crippen molar-refractivity contribution in [3.05, 3.63) is 63.5 Å². The fourth-order valence-corrected chi connectivity index (χ4v) is 2.70. The van der Waals surface area contributed by atoms with Crippen molar-refractivity contribution in [1.29, 1.82) is 0 Å². The summed E-state index contributed by atoms with van der Waals surface area (Å²) < 4.78 is 3.14. The molecule has 0 aliphatic rings. The molecular formula is C17H16ClN3O2. The van der Waals surface area contributed by atoms with Crippen LogP contribution in [0.2, 0.25) is 5.02 Å². The van der Waals surface area contributed by atoms with Gasteiger partial charge in [0.15, 0.2) is 0 Å². The van der Waals surface area contributed by atoms with Gasteiger partial charge in [-0.2, -0.15) is 0 Å². The fraction of sp³-hybridized carbons (Fsp3) is 0.176. The number of carbonyl (C=O) groups excluding carboxylic acids is 1. The van der Waals surface area contributed by atoms with Gasteiger partial charge in [0.2, 0.25) is 5.91 Å². The zero-order valence-electron chi connectivity index (χ0n) is 12.8. The number of imidazole rings is 1. The van der Waals surface area contributed by atoms with Gasteiger partial charge in [-0.1, -0.05) is 23.7 Å². The normalized spacial score (nSPS) is 10.9. The topological polar surface area (TPSA) is 56.0 Å². The lowest BCUT2D eigenvalue weighted by atomic mass is 10.1. The maximum absolute atomic E-state index is 12.1. The molecule has 0 fully saturated rings. The van der Waals surface area contributed by atoms with Crippen LogP contribution in [0.15, 0.2) is 47.3 Å². The molecule has 1 heterocycles. The number of hydrogen-bond donors (Lipinski definition) is 1. The van der Waals surface area contributed by atoms with Gasteiger partial charge in [-0.25, -0.2) is 4.79 Å². The molecule has 0 spiro atoms. The maximum Gasteiger partial charge on any atom is 0.328 e. The Morgan fingerprint density at radius 2 is 1.70 bits per heavy atom. The number of halogens is 1. The van der Waals surface area contributed by atoms with Crippen LogP contribution < -0.4 is 11.0 Å². The van der Waals surface area contributed by atoms with E-state index >= 15 is 0 Å². The van der Waals surface area contributed by atoms with Crippen LogP contribution in [0.4, 0.5) is 5.69 Å². The van der Waals surface area contributed by atoms with Crippen LogP contribution in [-0.4, -0.2) is 15.0 Å². The summed E-state index contributed by atoms with van der Waals surface area (Å²) in [5.41, 5.74) is 3.07. The molecule has 23 heavy (non-hydrogen) atoms. The number of aromatic nitrogens is 2. The molecule has 6 heteroatoms. The first kappa shape index (κ1) is 15.4. The molecule has 118 valence electrons. The summed E-state index contributed by atoms with van der Waals surface area (Å²) in [4.78, 5) is 24.1. The predicted octanol–water partition coefficient (Wildman–Crippen LogP) is 2.71. The van der Waals surface area contributed by atoms with Crippen molar-refractivity contribution >= 4 is 34.2 Å². The maximum atomic E-state index is 12.1. The Morgan fingerprint density at radius 3 is 2.39 bits per heavy atom. The van der Waals surface area contributed by atoms with Crippen molar-refractivity contribution < 1.29 is 4.79 Å². The average Bonchev–Trinajstić information content (AvgIpc) is 2.74. The first-order valence-electron chi connectivity index (χ1n) is 7.15. The van der Waals surface area contributed by atoms with Gasteiger partial charge in [0.25, 0.3) is 0 Å². The molecule has 0 saturated heterocycles. The summed E-state index contributed by atoms with van der Waals surface area (Å²) in [6.45, 7) is 0. The van der Waals surface area contributed by atoms with Crippen LogP contribution in [0, 0.1) is 0 Å². The number of hydrogen-bond acceptors (Lipinski definition) is 2. The van der Waals surface area contributed by atoms with Crippen molar-refractivity contribution in [2.75, 3.05) is 5.32 Å². The van der Waals surface area contributed by atoms with Gasteiger partial charge in [0.1, 0.15) is 0 Å². The number of nitrogens with one attached hydrogen (secondary N) is 1. The van der Waals surface area contributed by atoms with E-state index in [-0.39, 0.29) is 18.0 Å². The standard InChI is InChI=1S/C17H16ClN3O2/c1-20-14-8-7-13(10-15(14)21(2)17(20)23)19-16(22)9-11-3-5-12(18)6-4-11/h3-8,10H,9H2,1-2H3,(H,19,22). The number of aryl methyl sites for hydroxylation is 2. The summed E-state index contributed by atoms with van der Waals surface area (Å²) in [6.07, 6.45) is 0.267. The van der Waals surface area contributed by atoms with Gasteiger partial charge in [-0.15, -0.1) is 0 Å².